The summed E-state index contributed by atoms with van der Waals surface area (Å²) in [5.41, 5.74) is 1.12. The summed E-state index contributed by atoms with van der Waals surface area (Å²) in [7, 11) is 4.03. The van der Waals surface area contributed by atoms with Crippen molar-refractivity contribution in [1.29, 1.82) is 0 Å². The fourth-order valence-electron chi connectivity index (χ4n) is 3.68. The quantitative estimate of drug-likeness (QED) is 0.820. The molecule has 1 spiro atoms. The number of carbonyl (C=O) groups excluding carboxylic acids is 1. The molecule has 3 rings (SSSR count). The number of nitrogens with zero attached hydrogens (tertiary/aromatic N) is 2. The molecule has 7 heteroatoms. The highest BCUT2D eigenvalue weighted by molar-refractivity contribution is 5.97. The van der Waals surface area contributed by atoms with Gasteiger partial charge in [0.25, 0.3) is 5.91 Å². The zero-order chi connectivity index (χ0) is 17.0. The Kier molecular flexibility index (Phi) is 9.17. The molecule has 2 fully saturated rings. The summed E-state index contributed by atoms with van der Waals surface area (Å²) in [6.07, 6.45) is 3.46. The van der Waals surface area contributed by atoms with E-state index < -0.39 is 0 Å². The first-order valence-electron chi connectivity index (χ1n) is 8.96. The summed E-state index contributed by atoms with van der Waals surface area (Å²) < 4.78 is 5.85. The molecule has 1 amide bonds. The van der Waals surface area contributed by atoms with Crippen molar-refractivity contribution in [2.75, 3.05) is 53.4 Å². The standard InChI is InChI=1S/C19H29N3O2.2ClH/c1-21(2)13-14-24-17-6-4-3-5-16(17)18(23)22-11-8-19(9-12-22)7-10-20-15-19;;/h3-6,20H,7-15H2,1-2H3;2*1H. The first kappa shape index (κ1) is 23.0. The van der Waals surface area contributed by atoms with Crippen molar-refractivity contribution in [1.82, 2.24) is 15.1 Å². The Morgan fingerprint density at radius 3 is 2.50 bits per heavy atom. The van der Waals surface area contributed by atoms with Crippen LogP contribution in [0.15, 0.2) is 24.3 Å². The summed E-state index contributed by atoms with van der Waals surface area (Å²) >= 11 is 0. The third-order valence-corrected chi connectivity index (χ3v) is 5.36. The molecule has 148 valence electrons. The van der Waals surface area contributed by atoms with Crippen LogP contribution in [0.3, 0.4) is 0 Å². The molecular formula is C19H31Cl2N3O2. The van der Waals surface area contributed by atoms with Gasteiger partial charge in [-0.05, 0) is 57.5 Å². The molecule has 2 heterocycles. The molecule has 1 aromatic carbocycles. The van der Waals surface area contributed by atoms with E-state index in [0.29, 0.717) is 23.3 Å². The van der Waals surface area contributed by atoms with Crippen molar-refractivity contribution in [2.45, 2.75) is 19.3 Å². The van der Waals surface area contributed by atoms with E-state index in [1.54, 1.807) is 0 Å². The molecule has 2 aliphatic heterocycles. The fourth-order valence-corrected chi connectivity index (χ4v) is 3.68. The fraction of sp³-hybridized carbons (Fsp3) is 0.632. The summed E-state index contributed by atoms with van der Waals surface area (Å²) in [5, 5.41) is 3.47. The number of carbonyl (C=O) groups is 1. The first-order valence-corrected chi connectivity index (χ1v) is 8.96. The minimum Gasteiger partial charge on any atom is -0.491 e. The number of halogens is 2. The maximum atomic E-state index is 12.9. The Bertz CT molecular complexity index is 568. The number of rotatable bonds is 5. The van der Waals surface area contributed by atoms with E-state index in [1.807, 2.05) is 43.3 Å². The maximum absolute atomic E-state index is 12.9. The topological polar surface area (TPSA) is 44.8 Å². The second-order valence-corrected chi connectivity index (χ2v) is 7.37. The molecule has 0 saturated carbocycles. The number of hydrogen-bond donors (Lipinski definition) is 1. The molecule has 1 N–H and O–H groups in total. The zero-order valence-corrected chi connectivity index (χ0v) is 17.3. The van der Waals surface area contributed by atoms with Gasteiger partial charge in [0.15, 0.2) is 0 Å². The lowest BCUT2D eigenvalue weighted by atomic mass is 9.78. The third-order valence-electron chi connectivity index (χ3n) is 5.36. The largest absolute Gasteiger partial charge is 0.491 e. The molecule has 0 bridgehead atoms. The Labute approximate surface area is 169 Å². The second-order valence-electron chi connectivity index (χ2n) is 7.37. The SMILES string of the molecule is CN(C)CCOc1ccccc1C(=O)N1CCC2(CCNC2)CC1.Cl.Cl. The summed E-state index contributed by atoms with van der Waals surface area (Å²) in [6.45, 7) is 5.36. The predicted octanol–water partition coefficient (Wildman–Crippen LogP) is 2.69. The highest BCUT2D eigenvalue weighted by Gasteiger charge is 2.38. The van der Waals surface area contributed by atoms with Crippen LogP contribution >= 0.6 is 24.8 Å². The molecule has 0 unspecified atom stereocenters. The van der Waals surface area contributed by atoms with Gasteiger partial charge in [-0.1, -0.05) is 12.1 Å². The van der Waals surface area contributed by atoms with E-state index >= 15 is 0 Å². The van der Waals surface area contributed by atoms with Crippen molar-refractivity contribution in [3.05, 3.63) is 29.8 Å². The lowest BCUT2D eigenvalue weighted by Crippen LogP contribution is -2.44. The van der Waals surface area contributed by atoms with Crippen molar-refractivity contribution in [3.63, 3.8) is 0 Å². The van der Waals surface area contributed by atoms with E-state index in [9.17, 15) is 4.79 Å². The Hall–Kier alpha value is -1.01. The summed E-state index contributed by atoms with van der Waals surface area (Å²) in [5.74, 6) is 0.809. The van der Waals surface area contributed by atoms with Crippen molar-refractivity contribution in [2.24, 2.45) is 5.41 Å². The molecule has 2 saturated heterocycles. The number of likely N-dealkylation sites (tertiary alicyclic amines) is 1. The van der Waals surface area contributed by atoms with Gasteiger partial charge < -0.3 is 19.9 Å². The van der Waals surface area contributed by atoms with Crippen molar-refractivity contribution in [3.8, 4) is 5.75 Å². The molecular weight excluding hydrogens is 373 g/mol. The van der Waals surface area contributed by atoms with E-state index in [0.717, 1.165) is 45.6 Å². The predicted molar refractivity (Wildman–Crippen MR) is 110 cm³/mol. The molecule has 0 aliphatic carbocycles. The monoisotopic (exact) mass is 403 g/mol. The molecule has 0 aromatic heterocycles. The minimum atomic E-state index is 0. The van der Waals surface area contributed by atoms with Gasteiger partial charge in [-0.2, -0.15) is 0 Å². The number of likely N-dealkylation sites (N-methyl/N-ethyl adjacent to an activating group) is 1. The summed E-state index contributed by atoms with van der Waals surface area (Å²) in [6, 6.07) is 7.62. The van der Waals surface area contributed by atoms with Crippen LogP contribution in [0.2, 0.25) is 0 Å². The molecule has 0 radical (unpaired) electrons. The number of nitrogens with one attached hydrogen (secondary N) is 1. The number of benzene rings is 1. The average molecular weight is 404 g/mol. The second kappa shape index (κ2) is 10.4. The first-order chi connectivity index (χ1) is 11.6. The lowest BCUT2D eigenvalue weighted by molar-refractivity contribution is 0.0603. The molecule has 0 atom stereocenters. The molecule has 1 aromatic rings. The summed E-state index contributed by atoms with van der Waals surface area (Å²) in [4.78, 5) is 17.0. The van der Waals surface area contributed by atoms with Crippen LogP contribution in [0.1, 0.15) is 29.6 Å². The number of ether oxygens (including phenoxy) is 1. The van der Waals surface area contributed by atoms with E-state index in [-0.39, 0.29) is 30.7 Å². The highest BCUT2D eigenvalue weighted by Crippen LogP contribution is 2.37. The van der Waals surface area contributed by atoms with Crippen LogP contribution in [0.25, 0.3) is 0 Å². The number of piperidine rings is 1. The van der Waals surface area contributed by atoms with Gasteiger partial charge in [0.1, 0.15) is 12.4 Å². The van der Waals surface area contributed by atoms with Gasteiger partial charge in [0, 0.05) is 26.2 Å². The van der Waals surface area contributed by atoms with Crippen molar-refractivity contribution >= 4 is 30.7 Å². The van der Waals surface area contributed by atoms with Gasteiger partial charge in [-0.25, -0.2) is 0 Å². The van der Waals surface area contributed by atoms with Crippen LogP contribution in [0.4, 0.5) is 0 Å². The Morgan fingerprint density at radius 2 is 1.88 bits per heavy atom. The number of hydrogen-bond acceptors (Lipinski definition) is 4. The molecule has 2 aliphatic rings. The van der Waals surface area contributed by atoms with E-state index in [4.69, 9.17) is 4.74 Å². The average Bonchev–Trinajstić information content (AvgIpc) is 3.03. The number of amides is 1. The highest BCUT2D eigenvalue weighted by atomic mass is 35.5. The van der Waals surface area contributed by atoms with Crippen LogP contribution in [-0.2, 0) is 0 Å². The third kappa shape index (κ3) is 5.49. The van der Waals surface area contributed by atoms with Gasteiger partial charge in [-0.15, -0.1) is 24.8 Å². The van der Waals surface area contributed by atoms with Crippen LogP contribution in [-0.4, -0.2) is 69.1 Å². The Balaban J connectivity index is 0.00000169. The molecule has 26 heavy (non-hydrogen) atoms. The van der Waals surface area contributed by atoms with Gasteiger partial charge in [0.2, 0.25) is 0 Å². The minimum absolute atomic E-state index is 0. The Morgan fingerprint density at radius 1 is 1.19 bits per heavy atom. The normalized spacial score (nSPS) is 18.3. The number of para-hydroxylation sites is 1. The van der Waals surface area contributed by atoms with Gasteiger partial charge >= 0.3 is 0 Å². The van der Waals surface area contributed by atoms with Gasteiger partial charge in [-0.3, -0.25) is 4.79 Å². The van der Waals surface area contributed by atoms with Crippen LogP contribution < -0.4 is 10.1 Å². The van der Waals surface area contributed by atoms with E-state index in [1.165, 1.54) is 6.42 Å². The lowest BCUT2D eigenvalue weighted by Gasteiger charge is -2.39. The van der Waals surface area contributed by atoms with Crippen LogP contribution in [0.5, 0.6) is 5.75 Å². The van der Waals surface area contributed by atoms with Crippen molar-refractivity contribution < 1.29 is 9.53 Å². The zero-order valence-electron chi connectivity index (χ0n) is 15.7. The van der Waals surface area contributed by atoms with Gasteiger partial charge in [0.05, 0.1) is 5.56 Å². The maximum Gasteiger partial charge on any atom is 0.257 e. The van der Waals surface area contributed by atoms with E-state index in [2.05, 4.69) is 10.2 Å². The smallest absolute Gasteiger partial charge is 0.257 e. The van der Waals surface area contributed by atoms with Crippen LogP contribution in [0, 0.1) is 5.41 Å². The molecule has 5 nitrogen and oxygen atoms in total.